The number of nitrogens with zero attached hydrogens (tertiary/aromatic N) is 1. The van der Waals surface area contributed by atoms with E-state index in [2.05, 4.69) is 4.72 Å². The summed E-state index contributed by atoms with van der Waals surface area (Å²) >= 11 is 0. The highest BCUT2D eigenvalue weighted by molar-refractivity contribution is 7.90. The van der Waals surface area contributed by atoms with Gasteiger partial charge >= 0.3 is 0 Å². The number of carbonyl (C=O) groups excluding carboxylic acids is 1. The summed E-state index contributed by atoms with van der Waals surface area (Å²) in [5.41, 5.74) is 0. The topological polar surface area (TPSA) is 66.5 Å². The molecule has 1 fully saturated rings. The van der Waals surface area contributed by atoms with Crippen LogP contribution in [-0.4, -0.2) is 44.1 Å². The zero-order chi connectivity index (χ0) is 12.3. The van der Waals surface area contributed by atoms with E-state index < -0.39 is 15.3 Å². The van der Waals surface area contributed by atoms with Crippen molar-refractivity contribution in [3.63, 3.8) is 0 Å². The van der Waals surface area contributed by atoms with Gasteiger partial charge in [0.1, 0.15) is 0 Å². The van der Waals surface area contributed by atoms with Crippen LogP contribution in [-0.2, 0) is 14.8 Å². The summed E-state index contributed by atoms with van der Waals surface area (Å²) in [4.78, 5) is 13.3. The average Bonchev–Trinajstić information content (AvgIpc) is 2.65. The highest BCUT2D eigenvalue weighted by Crippen LogP contribution is 2.18. The van der Waals surface area contributed by atoms with Crippen LogP contribution in [0.3, 0.4) is 0 Å². The predicted molar refractivity (Wildman–Crippen MR) is 62.4 cm³/mol. The molecule has 1 rings (SSSR count). The minimum Gasteiger partial charge on any atom is -0.341 e. The molecule has 1 aliphatic rings. The molecule has 1 amide bonds. The summed E-state index contributed by atoms with van der Waals surface area (Å²) in [6.07, 6.45) is 0.536. The molecular formula is C10H20N2O3S. The van der Waals surface area contributed by atoms with E-state index >= 15 is 0 Å². The van der Waals surface area contributed by atoms with Crippen molar-refractivity contribution < 1.29 is 13.2 Å². The second kappa shape index (κ2) is 5.14. The third kappa shape index (κ3) is 2.95. The van der Waals surface area contributed by atoms with Crippen molar-refractivity contribution in [1.29, 1.82) is 0 Å². The lowest BCUT2D eigenvalue weighted by molar-refractivity contribution is -0.133. The molecule has 0 aromatic carbocycles. The van der Waals surface area contributed by atoms with Crippen molar-refractivity contribution in [1.82, 2.24) is 9.62 Å². The molecule has 1 saturated heterocycles. The molecule has 94 valence electrons. The Labute approximate surface area is 97.2 Å². The SMILES string of the molecule is CCNS(=O)(=O)C1CCN(C(=O)C(C)C)C1. The van der Waals surface area contributed by atoms with Gasteiger partial charge in [-0.25, -0.2) is 13.1 Å². The molecular weight excluding hydrogens is 228 g/mol. The van der Waals surface area contributed by atoms with Gasteiger partial charge in [0, 0.05) is 25.6 Å². The predicted octanol–water partition coefficient (Wildman–Crippen LogP) is 0.183. The Balaban J connectivity index is 2.63. The van der Waals surface area contributed by atoms with E-state index in [4.69, 9.17) is 0 Å². The van der Waals surface area contributed by atoms with Crippen LogP contribution in [0.15, 0.2) is 0 Å². The normalized spacial score (nSPS) is 21.8. The largest absolute Gasteiger partial charge is 0.341 e. The van der Waals surface area contributed by atoms with Gasteiger partial charge in [0.2, 0.25) is 15.9 Å². The molecule has 0 aromatic rings. The van der Waals surface area contributed by atoms with E-state index in [0.717, 1.165) is 0 Å². The Bertz CT molecular complexity index is 351. The van der Waals surface area contributed by atoms with Crippen LogP contribution in [0.4, 0.5) is 0 Å². The van der Waals surface area contributed by atoms with Crippen LogP contribution in [0.5, 0.6) is 0 Å². The van der Waals surface area contributed by atoms with E-state index in [1.54, 1.807) is 11.8 Å². The lowest BCUT2D eigenvalue weighted by Crippen LogP contribution is -2.38. The Hall–Kier alpha value is -0.620. The summed E-state index contributed by atoms with van der Waals surface area (Å²) in [6.45, 7) is 6.68. The number of hydrogen-bond acceptors (Lipinski definition) is 3. The first kappa shape index (κ1) is 13.4. The van der Waals surface area contributed by atoms with E-state index in [0.29, 0.717) is 26.1 Å². The van der Waals surface area contributed by atoms with Gasteiger partial charge in [-0.15, -0.1) is 0 Å². The average molecular weight is 248 g/mol. The highest BCUT2D eigenvalue weighted by Gasteiger charge is 2.35. The number of hydrogen-bond donors (Lipinski definition) is 1. The number of nitrogens with one attached hydrogen (secondary N) is 1. The van der Waals surface area contributed by atoms with Gasteiger partial charge in [-0.1, -0.05) is 20.8 Å². The maximum absolute atomic E-state index is 11.7. The van der Waals surface area contributed by atoms with Crippen molar-refractivity contribution in [2.45, 2.75) is 32.4 Å². The van der Waals surface area contributed by atoms with Crippen LogP contribution in [0.1, 0.15) is 27.2 Å². The molecule has 0 saturated carbocycles. The van der Waals surface area contributed by atoms with Gasteiger partial charge in [0.25, 0.3) is 0 Å². The Morgan fingerprint density at radius 2 is 2.12 bits per heavy atom. The molecule has 0 bridgehead atoms. The van der Waals surface area contributed by atoms with E-state index in [-0.39, 0.29) is 11.8 Å². The van der Waals surface area contributed by atoms with Gasteiger partial charge in [-0.3, -0.25) is 4.79 Å². The fraction of sp³-hybridized carbons (Fsp3) is 0.900. The first-order chi connectivity index (χ1) is 7.38. The summed E-state index contributed by atoms with van der Waals surface area (Å²) in [6, 6.07) is 0. The minimum atomic E-state index is -3.25. The molecule has 0 aromatic heterocycles. The zero-order valence-corrected chi connectivity index (χ0v) is 10.9. The summed E-state index contributed by atoms with van der Waals surface area (Å²) in [7, 11) is -3.25. The minimum absolute atomic E-state index is 0.0363. The maximum atomic E-state index is 11.7. The van der Waals surface area contributed by atoms with Gasteiger partial charge in [0.05, 0.1) is 5.25 Å². The zero-order valence-electron chi connectivity index (χ0n) is 10.1. The summed E-state index contributed by atoms with van der Waals surface area (Å²) in [5.74, 6) is -0.0326. The van der Waals surface area contributed by atoms with E-state index in [1.165, 1.54) is 0 Å². The van der Waals surface area contributed by atoms with E-state index in [1.807, 2.05) is 13.8 Å². The number of rotatable bonds is 4. The fourth-order valence-electron chi connectivity index (χ4n) is 1.87. The number of amides is 1. The van der Waals surface area contributed by atoms with Gasteiger partial charge in [-0.05, 0) is 6.42 Å². The number of carbonyl (C=O) groups is 1. The number of sulfonamides is 1. The second-order valence-corrected chi connectivity index (χ2v) is 6.44. The fourth-order valence-corrected chi connectivity index (χ4v) is 3.30. The van der Waals surface area contributed by atoms with Gasteiger partial charge in [0.15, 0.2) is 0 Å². The van der Waals surface area contributed by atoms with Crippen molar-refractivity contribution in [2.75, 3.05) is 19.6 Å². The monoisotopic (exact) mass is 248 g/mol. The van der Waals surface area contributed by atoms with Crippen molar-refractivity contribution in [2.24, 2.45) is 5.92 Å². The van der Waals surface area contributed by atoms with Crippen LogP contribution >= 0.6 is 0 Å². The molecule has 1 N–H and O–H groups in total. The third-order valence-corrected chi connectivity index (χ3v) is 4.69. The molecule has 0 aliphatic carbocycles. The molecule has 5 nitrogen and oxygen atoms in total. The first-order valence-electron chi connectivity index (χ1n) is 5.65. The Kier molecular flexibility index (Phi) is 4.32. The van der Waals surface area contributed by atoms with E-state index in [9.17, 15) is 13.2 Å². The lowest BCUT2D eigenvalue weighted by atomic mass is 10.2. The molecule has 0 radical (unpaired) electrons. The molecule has 1 atom stereocenters. The maximum Gasteiger partial charge on any atom is 0.225 e. The van der Waals surface area contributed by atoms with Crippen LogP contribution in [0.2, 0.25) is 0 Å². The smallest absolute Gasteiger partial charge is 0.225 e. The summed E-state index contributed by atoms with van der Waals surface area (Å²) < 4.78 is 25.9. The Morgan fingerprint density at radius 1 is 1.50 bits per heavy atom. The van der Waals surface area contributed by atoms with Crippen LogP contribution < -0.4 is 4.72 Å². The number of likely N-dealkylation sites (tertiary alicyclic amines) is 1. The van der Waals surface area contributed by atoms with Crippen molar-refractivity contribution >= 4 is 15.9 Å². The second-order valence-electron chi connectivity index (χ2n) is 4.39. The van der Waals surface area contributed by atoms with Gasteiger partial charge < -0.3 is 4.90 Å². The van der Waals surface area contributed by atoms with Crippen LogP contribution in [0.25, 0.3) is 0 Å². The molecule has 1 heterocycles. The van der Waals surface area contributed by atoms with Gasteiger partial charge in [-0.2, -0.15) is 0 Å². The Morgan fingerprint density at radius 3 is 2.62 bits per heavy atom. The third-order valence-electron chi connectivity index (χ3n) is 2.73. The highest BCUT2D eigenvalue weighted by atomic mass is 32.2. The lowest BCUT2D eigenvalue weighted by Gasteiger charge is -2.18. The quantitative estimate of drug-likeness (QED) is 0.772. The van der Waals surface area contributed by atoms with Crippen molar-refractivity contribution in [3.8, 4) is 0 Å². The van der Waals surface area contributed by atoms with Crippen LogP contribution in [0, 0.1) is 5.92 Å². The standard InChI is InChI=1S/C10H20N2O3S/c1-4-11-16(14,15)9-5-6-12(7-9)10(13)8(2)3/h8-9,11H,4-7H2,1-3H3. The molecule has 16 heavy (non-hydrogen) atoms. The molecule has 1 aliphatic heterocycles. The summed E-state index contributed by atoms with van der Waals surface area (Å²) in [5, 5.41) is -0.449. The molecule has 1 unspecified atom stereocenters. The molecule has 0 spiro atoms. The molecule has 6 heteroatoms. The van der Waals surface area contributed by atoms with Crippen molar-refractivity contribution in [3.05, 3.63) is 0 Å². The first-order valence-corrected chi connectivity index (χ1v) is 7.20.